The van der Waals surface area contributed by atoms with Gasteiger partial charge in [-0.15, -0.1) is 0 Å². The van der Waals surface area contributed by atoms with Crippen LogP contribution >= 0.6 is 0 Å². The lowest BCUT2D eigenvalue weighted by Gasteiger charge is -2.34. The molecule has 0 N–H and O–H groups in total. The maximum atomic E-state index is 6.36. The minimum absolute atomic E-state index is 0.229. The van der Waals surface area contributed by atoms with Crippen LogP contribution in [0.2, 0.25) is 0 Å². The smallest absolute Gasteiger partial charge is 0.0502 e. The van der Waals surface area contributed by atoms with E-state index in [4.69, 9.17) is 4.74 Å². The molecule has 2 aromatic rings. The highest BCUT2D eigenvalue weighted by atomic mass is 16.5. The SMILES string of the molecule is CC(C)(C)C(COCC(Cc1ccccc1)C(C)(C)C)Cc1ccccc1. The van der Waals surface area contributed by atoms with Crippen molar-refractivity contribution in [3.8, 4) is 0 Å². The van der Waals surface area contributed by atoms with E-state index >= 15 is 0 Å². The van der Waals surface area contributed by atoms with E-state index in [0.717, 1.165) is 26.1 Å². The van der Waals surface area contributed by atoms with Crippen molar-refractivity contribution in [3.05, 3.63) is 71.8 Å². The molecule has 0 radical (unpaired) electrons. The largest absolute Gasteiger partial charge is 0.381 e. The highest BCUT2D eigenvalue weighted by Gasteiger charge is 2.28. The van der Waals surface area contributed by atoms with Crippen LogP contribution in [0, 0.1) is 22.7 Å². The van der Waals surface area contributed by atoms with E-state index in [1.165, 1.54) is 11.1 Å². The minimum atomic E-state index is 0.229. The average Bonchev–Trinajstić information content (AvgIpc) is 2.60. The molecule has 0 bridgehead atoms. The Balaban J connectivity index is 1.97. The van der Waals surface area contributed by atoms with E-state index in [2.05, 4.69) is 102 Å². The molecule has 1 nitrogen and oxygen atoms in total. The van der Waals surface area contributed by atoms with E-state index in [1.807, 2.05) is 0 Å². The fraction of sp³-hybridized carbons (Fsp3) is 0.538. The van der Waals surface area contributed by atoms with Crippen LogP contribution in [0.5, 0.6) is 0 Å². The summed E-state index contributed by atoms with van der Waals surface area (Å²) in [6, 6.07) is 21.6. The molecule has 0 aliphatic carbocycles. The first-order chi connectivity index (χ1) is 12.7. The van der Waals surface area contributed by atoms with Gasteiger partial charge in [-0.1, -0.05) is 102 Å². The third-order valence-corrected chi connectivity index (χ3v) is 5.74. The van der Waals surface area contributed by atoms with Crippen LogP contribution in [0.25, 0.3) is 0 Å². The Hall–Kier alpha value is -1.60. The lowest BCUT2D eigenvalue weighted by molar-refractivity contribution is 0.0121. The van der Waals surface area contributed by atoms with Crippen molar-refractivity contribution in [2.45, 2.75) is 54.4 Å². The highest BCUT2D eigenvalue weighted by molar-refractivity contribution is 5.16. The topological polar surface area (TPSA) is 9.23 Å². The van der Waals surface area contributed by atoms with Crippen LogP contribution in [0.1, 0.15) is 52.7 Å². The lowest BCUT2D eigenvalue weighted by Crippen LogP contribution is -2.31. The molecule has 0 saturated heterocycles. The first-order valence-electron chi connectivity index (χ1n) is 10.3. The van der Waals surface area contributed by atoms with Crippen molar-refractivity contribution in [2.24, 2.45) is 22.7 Å². The van der Waals surface area contributed by atoms with Crippen molar-refractivity contribution in [1.82, 2.24) is 0 Å². The van der Waals surface area contributed by atoms with Gasteiger partial charge in [-0.05, 0) is 46.6 Å². The molecule has 0 saturated carbocycles. The van der Waals surface area contributed by atoms with Crippen molar-refractivity contribution in [3.63, 3.8) is 0 Å². The summed E-state index contributed by atoms with van der Waals surface area (Å²) >= 11 is 0. The summed E-state index contributed by atoms with van der Waals surface area (Å²) in [5, 5.41) is 0. The number of ether oxygens (including phenoxy) is 1. The third-order valence-electron chi connectivity index (χ3n) is 5.74. The Labute approximate surface area is 167 Å². The van der Waals surface area contributed by atoms with Gasteiger partial charge in [0.2, 0.25) is 0 Å². The summed E-state index contributed by atoms with van der Waals surface area (Å²) in [5.41, 5.74) is 3.26. The highest BCUT2D eigenvalue weighted by Crippen LogP contribution is 2.32. The molecule has 1 heteroatoms. The fourth-order valence-electron chi connectivity index (χ4n) is 3.38. The Kier molecular flexibility index (Phi) is 7.68. The summed E-state index contributed by atoms with van der Waals surface area (Å²) < 4.78 is 6.36. The molecule has 0 aromatic heterocycles. The maximum Gasteiger partial charge on any atom is 0.0502 e. The van der Waals surface area contributed by atoms with Gasteiger partial charge in [-0.3, -0.25) is 0 Å². The Bertz CT molecular complexity index is 587. The van der Waals surface area contributed by atoms with E-state index in [1.54, 1.807) is 0 Å². The molecule has 0 spiro atoms. The summed E-state index contributed by atoms with van der Waals surface area (Å²) in [7, 11) is 0. The van der Waals surface area contributed by atoms with Crippen LogP contribution in [0.4, 0.5) is 0 Å². The quantitative estimate of drug-likeness (QED) is 0.498. The van der Waals surface area contributed by atoms with Crippen LogP contribution in [-0.2, 0) is 17.6 Å². The average molecular weight is 367 g/mol. The molecule has 2 aromatic carbocycles. The van der Waals surface area contributed by atoms with Crippen LogP contribution in [0.15, 0.2) is 60.7 Å². The van der Waals surface area contributed by atoms with Gasteiger partial charge in [-0.2, -0.15) is 0 Å². The molecule has 0 fully saturated rings. The number of hydrogen-bond acceptors (Lipinski definition) is 1. The molecule has 0 heterocycles. The summed E-state index contributed by atoms with van der Waals surface area (Å²) in [4.78, 5) is 0. The summed E-state index contributed by atoms with van der Waals surface area (Å²) in [6.45, 7) is 15.6. The first kappa shape index (κ1) is 21.7. The van der Waals surface area contributed by atoms with E-state index in [9.17, 15) is 0 Å². The number of hydrogen-bond donors (Lipinski definition) is 0. The van der Waals surface area contributed by atoms with Gasteiger partial charge >= 0.3 is 0 Å². The molecule has 2 rings (SSSR count). The molecule has 0 aliphatic rings. The van der Waals surface area contributed by atoms with E-state index in [0.29, 0.717) is 11.8 Å². The zero-order valence-corrected chi connectivity index (χ0v) is 18.2. The van der Waals surface area contributed by atoms with Gasteiger partial charge in [0.05, 0.1) is 13.2 Å². The van der Waals surface area contributed by atoms with Gasteiger partial charge in [0.25, 0.3) is 0 Å². The molecule has 0 amide bonds. The zero-order valence-electron chi connectivity index (χ0n) is 18.2. The van der Waals surface area contributed by atoms with E-state index in [-0.39, 0.29) is 10.8 Å². The summed E-state index contributed by atoms with van der Waals surface area (Å²) in [6.07, 6.45) is 2.15. The van der Waals surface area contributed by atoms with E-state index < -0.39 is 0 Å². The second-order valence-corrected chi connectivity index (χ2v) is 10.0. The van der Waals surface area contributed by atoms with Crippen molar-refractivity contribution in [1.29, 1.82) is 0 Å². The fourth-order valence-corrected chi connectivity index (χ4v) is 3.38. The standard InChI is InChI=1S/C26H38O/c1-25(2,3)23(17-21-13-9-7-10-14-21)19-27-20-24(26(4,5)6)18-22-15-11-8-12-16-22/h7-16,23-24H,17-20H2,1-6H3. The van der Waals surface area contributed by atoms with Gasteiger partial charge in [-0.25, -0.2) is 0 Å². The molecule has 2 atom stereocenters. The predicted octanol–water partition coefficient (Wildman–Crippen LogP) is 6.81. The Morgan fingerprint density at radius 3 is 1.22 bits per heavy atom. The van der Waals surface area contributed by atoms with Crippen molar-refractivity contribution >= 4 is 0 Å². The van der Waals surface area contributed by atoms with Crippen LogP contribution in [0.3, 0.4) is 0 Å². The molecule has 27 heavy (non-hydrogen) atoms. The molecular weight excluding hydrogens is 328 g/mol. The van der Waals surface area contributed by atoms with Gasteiger partial charge < -0.3 is 4.74 Å². The van der Waals surface area contributed by atoms with Crippen LogP contribution in [-0.4, -0.2) is 13.2 Å². The Morgan fingerprint density at radius 2 is 0.926 bits per heavy atom. The van der Waals surface area contributed by atoms with Crippen molar-refractivity contribution < 1.29 is 4.74 Å². The number of benzene rings is 2. The zero-order chi connectivity index (χ0) is 19.9. The second-order valence-electron chi connectivity index (χ2n) is 10.0. The molecule has 2 unspecified atom stereocenters. The molecular formula is C26H38O. The van der Waals surface area contributed by atoms with Gasteiger partial charge in [0.15, 0.2) is 0 Å². The third kappa shape index (κ3) is 7.50. The van der Waals surface area contributed by atoms with Crippen LogP contribution < -0.4 is 0 Å². The van der Waals surface area contributed by atoms with Crippen molar-refractivity contribution in [2.75, 3.05) is 13.2 Å². The maximum absolute atomic E-state index is 6.36. The van der Waals surface area contributed by atoms with Gasteiger partial charge in [0.1, 0.15) is 0 Å². The second kappa shape index (κ2) is 9.55. The number of rotatable bonds is 8. The molecule has 0 aliphatic heterocycles. The lowest BCUT2D eigenvalue weighted by atomic mass is 9.77. The minimum Gasteiger partial charge on any atom is -0.381 e. The predicted molar refractivity (Wildman–Crippen MR) is 117 cm³/mol. The monoisotopic (exact) mass is 366 g/mol. The summed E-state index contributed by atoms with van der Waals surface area (Å²) in [5.74, 6) is 1.02. The molecule has 148 valence electrons. The first-order valence-corrected chi connectivity index (χ1v) is 10.3. The Morgan fingerprint density at radius 1 is 0.593 bits per heavy atom. The normalized spacial score (nSPS) is 14.7. The van der Waals surface area contributed by atoms with Gasteiger partial charge in [0, 0.05) is 0 Å².